The number of hydrogen-bond acceptors (Lipinski definition) is 6. The second-order valence-electron chi connectivity index (χ2n) is 7.90. The van der Waals surface area contributed by atoms with Crippen LogP contribution in [0.15, 0.2) is 66.9 Å². The largest absolute Gasteiger partial charge is 0.469 e. The Balaban J connectivity index is 1.67. The van der Waals surface area contributed by atoms with Crippen molar-refractivity contribution in [1.29, 1.82) is 0 Å². The fraction of sp³-hybridized carbons (Fsp3) is 0.320. The summed E-state index contributed by atoms with van der Waals surface area (Å²) < 4.78 is 11.8. The molecule has 0 saturated carbocycles. The second kappa shape index (κ2) is 9.78. The van der Waals surface area contributed by atoms with Gasteiger partial charge in [0.15, 0.2) is 0 Å². The number of nitrogens with zero attached hydrogens (tertiary/aromatic N) is 3. The maximum Gasteiger partial charge on any atom is 0.323 e. The van der Waals surface area contributed by atoms with E-state index >= 15 is 0 Å². The van der Waals surface area contributed by atoms with Gasteiger partial charge in [-0.3, -0.25) is 14.5 Å². The number of carbonyl (C=O) groups excluding carboxylic acids is 2. The predicted octanol–water partition coefficient (Wildman–Crippen LogP) is 3.47. The third kappa shape index (κ3) is 4.57. The molecule has 2 atom stereocenters. The molecule has 0 bridgehead atoms. The lowest BCUT2D eigenvalue weighted by Crippen LogP contribution is -2.48. The lowest BCUT2D eigenvalue weighted by atomic mass is 9.90. The Bertz CT molecular complexity index is 1070. The molecule has 32 heavy (non-hydrogen) atoms. The van der Waals surface area contributed by atoms with Crippen LogP contribution in [-0.4, -0.2) is 53.4 Å². The average molecular weight is 434 g/mol. The Labute approximate surface area is 187 Å². The monoisotopic (exact) mass is 433 g/mol. The summed E-state index contributed by atoms with van der Waals surface area (Å²) in [5.74, 6) is -0.920. The number of likely N-dealkylation sites (tertiary alicyclic amines) is 1. The number of ether oxygens (including phenoxy) is 2. The zero-order chi connectivity index (χ0) is 22.5. The molecule has 1 aromatic heterocycles. The van der Waals surface area contributed by atoms with Crippen LogP contribution < -0.4 is 0 Å². The average Bonchev–Trinajstić information content (AvgIpc) is 3.28. The molecule has 7 heteroatoms. The van der Waals surface area contributed by atoms with Gasteiger partial charge in [0.05, 0.1) is 31.5 Å². The van der Waals surface area contributed by atoms with Gasteiger partial charge >= 0.3 is 11.9 Å². The number of piperidine rings is 1. The van der Waals surface area contributed by atoms with E-state index in [9.17, 15) is 9.59 Å². The first-order chi connectivity index (χ1) is 15.6. The molecule has 166 valence electrons. The van der Waals surface area contributed by atoms with Gasteiger partial charge < -0.3 is 9.47 Å². The molecule has 4 rings (SSSR count). The van der Waals surface area contributed by atoms with E-state index in [0.717, 1.165) is 22.5 Å². The van der Waals surface area contributed by atoms with Crippen LogP contribution in [-0.2, 0) is 25.6 Å². The number of aromatic nitrogens is 2. The van der Waals surface area contributed by atoms with Gasteiger partial charge in [0.25, 0.3) is 0 Å². The van der Waals surface area contributed by atoms with Gasteiger partial charge in [-0.25, -0.2) is 4.68 Å². The van der Waals surface area contributed by atoms with Crippen molar-refractivity contribution in [3.63, 3.8) is 0 Å². The summed E-state index contributed by atoms with van der Waals surface area (Å²) in [7, 11) is 2.76. The summed E-state index contributed by atoms with van der Waals surface area (Å²) in [6.07, 6.45) is 3.03. The first-order valence-corrected chi connectivity index (χ1v) is 10.7. The molecule has 2 aromatic carbocycles. The number of carbonyl (C=O) groups is 2. The molecule has 3 aromatic rings. The Morgan fingerprint density at radius 2 is 1.62 bits per heavy atom. The number of rotatable bonds is 6. The quantitative estimate of drug-likeness (QED) is 0.555. The molecule has 0 spiro atoms. The molecular weight excluding hydrogens is 406 g/mol. The number of benzene rings is 2. The summed E-state index contributed by atoms with van der Waals surface area (Å²) >= 11 is 0. The van der Waals surface area contributed by atoms with Crippen LogP contribution in [0.1, 0.15) is 18.4 Å². The third-order valence-corrected chi connectivity index (χ3v) is 5.95. The third-order valence-electron chi connectivity index (χ3n) is 5.95. The Hall–Kier alpha value is -3.45. The molecule has 2 heterocycles. The van der Waals surface area contributed by atoms with Gasteiger partial charge in [-0.1, -0.05) is 48.5 Å². The van der Waals surface area contributed by atoms with Crippen molar-refractivity contribution in [3.8, 4) is 16.9 Å². The van der Waals surface area contributed by atoms with E-state index < -0.39 is 6.04 Å². The first kappa shape index (κ1) is 21.8. The van der Waals surface area contributed by atoms with Crippen LogP contribution >= 0.6 is 0 Å². The van der Waals surface area contributed by atoms with Gasteiger partial charge in [0, 0.05) is 30.4 Å². The van der Waals surface area contributed by atoms with Crippen LogP contribution in [0.3, 0.4) is 0 Å². The molecule has 1 aliphatic heterocycles. The molecule has 0 radical (unpaired) electrons. The van der Waals surface area contributed by atoms with Gasteiger partial charge in [-0.2, -0.15) is 5.10 Å². The van der Waals surface area contributed by atoms with Crippen molar-refractivity contribution >= 4 is 11.9 Å². The van der Waals surface area contributed by atoms with E-state index in [0.29, 0.717) is 25.9 Å². The van der Waals surface area contributed by atoms with E-state index in [-0.39, 0.29) is 17.9 Å². The van der Waals surface area contributed by atoms with Crippen LogP contribution in [0, 0.1) is 5.92 Å². The van der Waals surface area contributed by atoms with Crippen LogP contribution in [0.5, 0.6) is 0 Å². The SMILES string of the molecule is COC(=O)[C@@H]1CCN(Cc2cn(-c3ccccc3)nc2-c2ccccc2)[C@@H](C(=O)OC)C1. The molecule has 7 nitrogen and oxygen atoms in total. The van der Waals surface area contributed by atoms with E-state index in [4.69, 9.17) is 14.6 Å². The summed E-state index contributed by atoms with van der Waals surface area (Å²) in [6.45, 7) is 1.11. The smallest absolute Gasteiger partial charge is 0.323 e. The molecular formula is C25H27N3O4. The highest BCUT2D eigenvalue weighted by Gasteiger charge is 2.38. The minimum absolute atomic E-state index is 0.277. The predicted molar refractivity (Wildman–Crippen MR) is 120 cm³/mol. The van der Waals surface area contributed by atoms with Gasteiger partial charge in [-0.15, -0.1) is 0 Å². The lowest BCUT2D eigenvalue weighted by molar-refractivity contribution is -0.154. The molecule has 1 aliphatic rings. The maximum absolute atomic E-state index is 12.6. The number of hydrogen-bond donors (Lipinski definition) is 0. The normalized spacial score (nSPS) is 18.8. The maximum atomic E-state index is 12.6. The molecule has 0 amide bonds. The molecule has 0 N–H and O–H groups in total. The topological polar surface area (TPSA) is 73.7 Å². The number of esters is 2. The first-order valence-electron chi connectivity index (χ1n) is 10.7. The fourth-order valence-electron chi connectivity index (χ4n) is 4.26. The van der Waals surface area contributed by atoms with Crippen molar-refractivity contribution in [2.45, 2.75) is 25.4 Å². The molecule has 1 fully saturated rings. The van der Waals surface area contributed by atoms with Crippen molar-refractivity contribution in [1.82, 2.24) is 14.7 Å². The van der Waals surface area contributed by atoms with Crippen molar-refractivity contribution < 1.29 is 19.1 Å². The molecule has 0 unspecified atom stereocenters. The zero-order valence-corrected chi connectivity index (χ0v) is 18.3. The Morgan fingerprint density at radius 3 is 2.28 bits per heavy atom. The van der Waals surface area contributed by atoms with Crippen LogP contribution in [0.2, 0.25) is 0 Å². The second-order valence-corrected chi connectivity index (χ2v) is 7.90. The van der Waals surface area contributed by atoms with E-state index in [1.165, 1.54) is 14.2 Å². The van der Waals surface area contributed by atoms with E-state index in [1.54, 1.807) is 0 Å². The van der Waals surface area contributed by atoms with Gasteiger partial charge in [0.1, 0.15) is 6.04 Å². The highest BCUT2D eigenvalue weighted by Crippen LogP contribution is 2.30. The van der Waals surface area contributed by atoms with Gasteiger partial charge in [0.2, 0.25) is 0 Å². The van der Waals surface area contributed by atoms with Gasteiger partial charge in [-0.05, 0) is 25.0 Å². The standard InChI is InChI=1S/C25H27N3O4/c1-31-24(29)19-13-14-27(22(15-19)25(30)32-2)16-20-17-28(21-11-7-4-8-12-21)26-23(20)18-9-5-3-6-10-18/h3-12,17,19,22H,13-16H2,1-2H3/t19-,22-/m1/s1. The molecule has 0 aliphatic carbocycles. The summed E-state index contributed by atoms with van der Waals surface area (Å²) in [5.41, 5.74) is 3.85. The molecule has 1 saturated heterocycles. The Kier molecular flexibility index (Phi) is 6.66. The fourth-order valence-corrected chi connectivity index (χ4v) is 4.26. The van der Waals surface area contributed by atoms with Crippen molar-refractivity contribution in [2.75, 3.05) is 20.8 Å². The minimum Gasteiger partial charge on any atom is -0.469 e. The zero-order valence-electron chi connectivity index (χ0n) is 18.3. The summed E-state index contributed by atoms with van der Waals surface area (Å²) in [6, 6.07) is 19.4. The lowest BCUT2D eigenvalue weighted by Gasteiger charge is -2.36. The highest BCUT2D eigenvalue weighted by atomic mass is 16.5. The Morgan fingerprint density at radius 1 is 0.969 bits per heavy atom. The number of methoxy groups -OCH3 is 2. The van der Waals surface area contributed by atoms with Crippen LogP contribution in [0.25, 0.3) is 16.9 Å². The minimum atomic E-state index is -0.512. The summed E-state index contributed by atoms with van der Waals surface area (Å²) in [5, 5.41) is 4.86. The van der Waals surface area contributed by atoms with Crippen molar-refractivity contribution in [2.24, 2.45) is 5.92 Å². The highest BCUT2D eigenvalue weighted by molar-refractivity contribution is 5.78. The number of para-hydroxylation sites is 1. The summed E-state index contributed by atoms with van der Waals surface area (Å²) in [4.78, 5) is 26.7. The van der Waals surface area contributed by atoms with E-state index in [1.807, 2.05) is 71.5 Å². The van der Waals surface area contributed by atoms with Crippen LogP contribution in [0.4, 0.5) is 0 Å². The van der Waals surface area contributed by atoms with Crippen molar-refractivity contribution in [3.05, 3.63) is 72.4 Å². The van der Waals surface area contributed by atoms with E-state index in [2.05, 4.69) is 4.90 Å².